The van der Waals surface area contributed by atoms with E-state index in [1.807, 2.05) is 23.3 Å². The van der Waals surface area contributed by atoms with Crippen LogP contribution >= 0.6 is 0 Å². The van der Waals surface area contributed by atoms with E-state index >= 15 is 0 Å². The highest BCUT2D eigenvalue weighted by Gasteiger charge is 2.01. The zero-order valence-corrected chi connectivity index (χ0v) is 8.80. The molecule has 1 aromatic heterocycles. The summed E-state index contributed by atoms with van der Waals surface area (Å²) in [4.78, 5) is 10.3. The van der Waals surface area contributed by atoms with Crippen LogP contribution in [-0.4, -0.2) is 15.6 Å². The van der Waals surface area contributed by atoms with Crippen molar-refractivity contribution in [1.82, 2.24) is 4.57 Å². The average Bonchev–Trinajstić information content (AvgIpc) is 2.65. The van der Waals surface area contributed by atoms with Gasteiger partial charge in [-0.05, 0) is 19.3 Å². The fourth-order valence-electron chi connectivity index (χ4n) is 1.40. The van der Waals surface area contributed by atoms with Crippen molar-refractivity contribution >= 4 is 12.2 Å². The van der Waals surface area contributed by atoms with Crippen LogP contribution in [0.4, 0.5) is 0 Å². The second-order valence-corrected chi connectivity index (χ2v) is 3.49. The van der Waals surface area contributed by atoms with Gasteiger partial charge in [0, 0.05) is 6.42 Å². The molecule has 15 heavy (non-hydrogen) atoms. The molecule has 82 valence electrons. The maximum absolute atomic E-state index is 10.3. The number of nitrogens with zero attached hydrogens (tertiary/aromatic N) is 2. The average molecular weight is 209 g/mol. The molecule has 4 heteroatoms. The van der Waals surface area contributed by atoms with E-state index in [-0.39, 0.29) is 6.42 Å². The van der Waals surface area contributed by atoms with Gasteiger partial charge < -0.3 is 5.11 Å². The molecule has 0 fully saturated rings. The summed E-state index contributed by atoms with van der Waals surface area (Å²) in [7, 11) is 0. The second-order valence-electron chi connectivity index (χ2n) is 3.49. The lowest BCUT2D eigenvalue weighted by Gasteiger charge is -1.96. The van der Waals surface area contributed by atoms with E-state index in [4.69, 9.17) is 5.11 Å². The van der Waals surface area contributed by atoms with Crippen LogP contribution in [0.25, 0.3) is 6.20 Å². The monoisotopic (exact) mass is 209 g/mol. The molecular formula is C11H17N2O2+. The van der Waals surface area contributed by atoms with Crippen molar-refractivity contribution in [3.05, 3.63) is 25.3 Å². The number of rotatable bonds is 7. The molecule has 1 aromatic rings. The highest BCUT2D eigenvalue weighted by atomic mass is 16.4. The second kappa shape index (κ2) is 6.01. The van der Waals surface area contributed by atoms with Gasteiger partial charge in [0.25, 0.3) is 0 Å². The van der Waals surface area contributed by atoms with E-state index in [2.05, 4.69) is 11.1 Å². The van der Waals surface area contributed by atoms with Crippen LogP contribution in [0.2, 0.25) is 0 Å². The predicted octanol–water partition coefficient (Wildman–Crippen LogP) is 1.52. The van der Waals surface area contributed by atoms with Crippen molar-refractivity contribution in [2.75, 3.05) is 0 Å². The first kappa shape index (κ1) is 11.5. The molecule has 0 radical (unpaired) electrons. The molecule has 1 rings (SSSR count). The molecule has 0 saturated carbocycles. The Balaban J connectivity index is 2.14. The van der Waals surface area contributed by atoms with Crippen LogP contribution in [0.5, 0.6) is 0 Å². The SMILES string of the molecule is C=Cn1cc[n+](CCCCCC(=O)O)c1. The minimum atomic E-state index is -0.708. The highest BCUT2D eigenvalue weighted by molar-refractivity contribution is 5.66. The molecule has 4 nitrogen and oxygen atoms in total. The largest absolute Gasteiger partial charge is 0.481 e. The van der Waals surface area contributed by atoms with Crippen LogP contribution in [-0.2, 0) is 11.3 Å². The molecule has 0 aromatic carbocycles. The van der Waals surface area contributed by atoms with Crippen molar-refractivity contribution in [1.29, 1.82) is 0 Å². The fourth-order valence-corrected chi connectivity index (χ4v) is 1.40. The maximum atomic E-state index is 10.3. The Kier molecular flexibility index (Phi) is 4.60. The lowest BCUT2D eigenvalue weighted by atomic mass is 10.2. The number of hydrogen-bond donors (Lipinski definition) is 1. The fraction of sp³-hybridized carbons (Fsp3) is 0.455. The third kappa shape index (κ3) is 4.44. The number of aromatic nitrogens is 2. The summed E-state index contributed by atoms with van der Waals surface area (Å²) < 4.78 is 3.96. The summed E-state index contributed by atoms with van der Waals surface area (Å²) in [5, 5.41) is 8.45. The molecule has 0 amide bonds. The van der Waals surface area contributed by atoms with Crippen molar-refractivity contribution in [2.45, 2.75) is 32.2 Å². The number of carbonyl (C=O) groups is 1. The van der Waals surface area contributed by atoms with E-state index in [1.165, 1.54) is 0 Å². The number of carboxylic acid groups (broad SMARTS) is 1. The molecule has 0 aliphatic heterocycles. The Morgan fingerprint density at radius 3 is 2.87 bits per heavy atom. The molecule has 0 aliphatic carbocycles. The van der Waals surface area contributed by atoms with E-state index in [0.29, 0.717) is 0 Å². The lowest BCUT2D eigenvalue weighted by molar-refractivity contribution is -0.696. The smallest absolute Gasteiger partial charge is 0.303 e. The van der Waals surface area contributed by atoms with Crippen LogP contribution in [0, 0.1) is 0 Å². The van der Waals surface area contributed by atoms with Gasteiger partial charge in [0.2, 0.25) is 6.33 Å². The number of unbranched alkanes of at least 4 members (excludes halogenated alkanes) is 2. The molecule has 0 saturated heterocycles. The van der Waals surface area contributed by atoms with Crippen LogP contribution in [0.15, 0.2) is 25.3 Å². The summed E-state index contributed by atoms with van der Waals surface area (Å²) >= 11 is 0. The molecule has 0 atom stereocenters. The third-order valence-electron chi connectivity index (χ3n) is 2.23. The zero-order chi connectivity index (χ0) is 11.1. The van der Waals surface area contributed by atoms with Crippen LogP contribution < -0.4 is 4.57 Å². The van der Waals surface area contributed by atoms with E-state index in [9.17, 15) is 4.79 Å². The predicted molar refractivity (Wildman–Crippen MR) is 57.1 cm³/mol. The van der Waals surface area contributed by atoms with Crippen molar-refractivity contribution < 1.29 is 14.5 Å². The molecule has 1 N–H and O–H groups in total. The molecule has 0 aliphatic rings. The highest BCUT2D eigenvalue weighted by Crippen LogP contribution is 1.99. The van der Waals surface area contributed by atoms with Crippen molar-refractivity contribution in [3.8, 4) is 0 Å². The first-order chi connectivity index (χ1) is 7.22. The Morgan fingerprint density at radius 2 is 2.27 bits per heavy atom. The van der Waals surface area contributed by atoms with E-state index in [1.54, 1.807) is 6.20 Å². The summed E-state index contributed by atoms with van der Waals surface area (Å²) in [6.45, 7) is 4.59. The summed E-state index contributed by atoms with van der Waals surface area (Å²) in [6, 6.07) is 0. The van der Waals surface area contributed by atoms with Crippen molar-refractivity contribution in [2.24, 2.45) is 0 Å². The van der Waals surface area contributed by atoms with Gasteiger partial charge in [-0.25, -0.2) is 9.13 Å². The lowest BCUT2D eigenvalue weighted by Crippen LogP contribution is -2.30. The standard InChI is InChI=1S/C11H16N2O2/c1-2-12-8-9-13(10-12)7-5-3-4-6-11(14)15/h2,8-10H,1,3-7H2/p+1. The first-order valence-corrected chi connectivity index (χ1v) is 5.13. The molecule has 0 bridgehead atoms. The summed E-state index contributed by atoms with van der Waals surface area (Å²) in [5.41, 5.74) is 0. The van der Waals surface area contributed by atoms with Crippen LogP contribution in [0.1, 0.15) is 25.7 Å². The van der Waals surface area contributed by atoms with E-state index < -0.39 is 5.97 Å². The molecule has 0 unspecified atom stereocenters. The van der Waals surface area contributed by atoms with Gasteiger partial charge in [0.15, 0.2) is 0 Å². The maximum Gasteiger partial charge on any atom is 0.303 e. The summed E-state index contributed by atoms with van der Waals surface area (Å²) in [5.74, 6) is -0.708. The number of imidazole rings is 1. The Hall–Kier alpha value is -1.58. The van der Waals surface area contributed by atoms with Crippen molar-refractivity contribution in [3.63, 3.8) is 0 Å². The normalized spacial score (nSPS) is 10.1. The van der Waals surface area contributed by atoms with Gasteiger partial charge >= 0.3 is 5.97 Å². The number of hydrogen-bond acceptors (Lipinski definition) is 1. The van der Waals surface area contributed by atoms with Gasteiger partial charge in [0.05, 0.1) is 12.7 Å². The third-order valence-corrected chi connectivity index (χ3v) is 2.23. The van der Waals surface area contributed by atoms with Gasteiger partial charge in [-0.3, -0.25) is 4.79 Å². The molecular weight excluding hydrogens is 192 g/mol. The number of aryl methyl sites for hydroxylation is 1. The Bertz CT molecular complexity index is 331. The van der Waals surface area contributed by atoms with Gasteiger partial charge in [-0.15, -0.1) is 0 Å². The van der Waals surface area contributed by atoms with Crippen LogP contribution in [0.3, 0.4) is 0 Å². The summed E-state index contributed by atoms with van der Waals surface area (Å²) in [6.07, 6.45) is 10.6. The minimum Gasteiger partial charge on any atom is -0.481 e. The van der Waals surface area contributed by atoms with Gasteiger partial charge in [-0.2, -0.15) is 0 Å². The van der Waals surface area contributed by atoms with Gasteiger partial charge in [0.1, 0.15) is 12.4 Å². The Labute approximate surface area is 89.5 Å². The quantitative estimate of drug-likeness (QED) is 0.546. The first-order valence-electron chi connectivity index (χ1n) is 5.13. The number of carboxylic acids is 1. The number of aliphatic carboxylic acids is 1. The Morgan fingerprint density at radius 1 is 1.47 bits per heavy atom. The van der Waals surface area contributed by atoms with E-state index in [0.717, 1.165) is 25.8 Å². The van der Waals surface area contributed by atoms with Gasteiger partial charge in [-0.1, -0.05) is 6.58 Å². The topological polar surface area (TPSA) is 46.1 Å². The molecule has 0 spiro atoms. The minimum absolute atomic E-state index is 0.276. The zero-order valence-electron chi connectivity index (χ0n) is 8.80. The molecule has 1 heterocycles.